The summed E-state index contributed by atoms with van der Waals surface area (Å²) in [6.45, 7) is 4.57. The molecular weight excluding hydrogens is 326 g/mol. The van der Waals surface area contributed by atoms with E-state index in [1.54, 1.807) is 25.1 Å². The molecule has 0 radical (unpaired) electrons. The molecule has 0 aromatic heterocycles. The second-order valence-corrected chi connectivity index (χ2v) is 7.32. The van der Waals surface area contributed by atoms with Crippen LogP contribution in [0, 0.1) is 0 Å². The molecule has 0 aliphatic rings. The maximum atomic E-state index is 12.5. The molecular formula is C22H29NO3. The average Bonchev–Trinajstić information content (AvgIpc) is 2.66. The molecule has 0 saturated carbocycles. The normalized spacial score (nSPS) is 12.5. The molecule has 1 amide bonds. The van der Waals surface area contributed by atoms with E-state index in [9.17, 15) is 9.90 Å². The van der Waals surface area contributed by atoms with Gasteiger partial charge in [0.1, 0.15) is 5.75 Å². The number of aliphatic hydroxyl groups is 1. The second kappa shape index (κ2) is 8.86. The lowest BCUT2D eigenvalue weighted by atomic mass is 9.80. The molecule has 2 rings (SSSR count). The zero-order chi connectivity index (χ0) is 19.2. The lowest BCUT2D eigenvalue weighted by molar-refractivity contribution is -0.131. The Morgan fingerprint density at radius 3 is 2.50 bits per heavy atom. The van der Waals surface area contributed by atoms with Crippen LogP contribution < -0.4 is 4.74 Å². The van der Waals surface area contributed by atoms with Crippen LogP contribution >= 0.6 is 0 Å². The van der Waals surface area contributed by atoms with Gasteiger partial charge in [0.2, 0.25) is 5.91 Å². The number of nitrogens with zero attached hydrogens (tertiary/aromatic N) is 1. The average molecular weight is 355 g/mol. The van der Waals surface area contributed by atoms with Gasteiger partial charge in [0.15, 0.2) is 0 Å². The van der Waals surface area contributed by atoms with Crippen molar-refractivity contribution in [1.82, 2.24) is 4.90 Å². The van der Waals surface area contributed by atoms with Gasteiger partial charge in [-0.1, -0.05) is 56.3 Å². The van der Waals surface area contributed by atoms with Crippen LogP contribution in [0.4, 0.5) is 0 Å². The Kier molecular flexibility index (Phi) is 6.81. The summed E-state index contributed by atoms with van der Waals surface area (Å²) < 4.78 is 5.18. The first-order valence-corrected chi connectivity index (χ1v) is 8.95. The van der Waals surface area contributed by atoms with E-state index in [0.717, 1.165) is 12.0 Å². The molecule has 1 N–H and O–H groups in total. The van der Waals surface area contributed by atoms with Gasteiger partial charge in [0.05, 0.1) is 19.8 Å². The van der Waals surface area contributed by atoms with E-state index in [1.807, 2.05) is 36.4 Å². The molecule has 26 heavy (non-hydrogen) atoms. The maximum absolute atomic E-state index is 12.5. The first-order valence-electron chi connectivity index (χ1n) is 8.95. The molecule has 1 unspecified atom stereocenters. The van der Waals surface area contributed by atoms with Crippen LogP contribution in [-0.2, 0) is 10.2 Å². The third kappa shape index (κ3) is 5.33. The number of benzene rings is 2. The largest absolute Gasteiger partial charge is 0.497 e. The lowest BCUT2D eigenvalue weighted by Crippen LogP contribution is -2.32. The van der Waals surface area contributed by atoms with Gasteiger partial charge in [-0.15, -0.1) is 0 Å². The van der Waals surface area contributed by atoms with Gasteiger partial charge >= 0.3 is 0 Å². The lowest BCUT2D eigenvalue weighted by Gasteiger charge is -2.27. The third-order valence-corrected chi connectivity index (χ3v) is 4.87. The van der Waals surface area contributed by atoms with Crippen molar-refractivity contribution < 1.29 is 14.6 Å². The zero-order valence-corrected chi connectivity index (χ0v) is 16.1. The Morgan fingerprint density at radius 1 is 1.15 bits per heavy atom. The molecule has 140 valence electrons. The molecule has 0 saturated heterocycles. The number of methoxy groups -OCH3 is 1. The number of aliphatic hydroxyl groups excluding tert-OH is 1. The fourth-order valence-electron chi connectivity index (χ4n) is 2.96. The van der Waals surface area contributed by atoms with Gasteiger partial charge < -0.3 is 14.7 Å². The minimum atomic E-state index is -0.735. The van der Waals surface area contributed by atoms with E-state index in [4.69, 9.17) is 4.74 Å². The molecule has 4 heteroatoms. The van der Waals surface area contributed by atoms with E-state index in [1.165, 1.54) is 5.56 Å². The zero-order valence-electron chi connectivity index (χ0n) is 16.1. The number of hydrogen-bond donors (Lipinski definition) is 1. The molecule has 0 bridgehead atoms. The van der Waals surface area contributed by atoms with Crippen molar-refractivity contribution in [2.45, 2.75) is 38.2 Å². The molecule has 0 aliphatic carbocycles. The van der Waals surface area contributed by atoms with Crippen LogP contribution in [0.25, 0.3) is 0 Å². The number of carbonyl (C=O) groups is 1. The predicted molar refractivity (Wildman–Crippen MR) is 104 cm³/mol. The van der Waals surface area contributed by atoms with E-state index in [-0.39, 0.29) is 17.9 Å². The standard InChI is InChI=1S/C22H29NO3/c1-22(2,18-10-6-5-7-11-18)14-13-21(25)23(3)16-20(24)17-9-8-12-19(15-17)26-4/h5-12,15,20,24H,13-14,16H2,1-4H3. The van der Waals surface area contributed by atoms with Crippen molar-refractivity contribution in [3.63, 3.8) is 0 Å². The summed E-state index contributed by atoms with van der Waals surface area (Å²) in [5.74, 6) is 0.732. The Labute approximate surface area is 156 Å². The fourth-order valence-corrected chi connectivity index (χ4v) is 2.96. The van der Waals surface area contributed by atoms with Gasteiger partial charge in [0, 0.05) is 13.5 Å². The fraction of sp³-hybridized carbons (Fsp3) is 0.409. The van der Waals surface area contributed by atoms with Crippen LogP contribution in [0.3, 0.4) is 0 Å². The molecule has 2 aromatic carbocycles. The van der Waals surface area contributed by atoms with Gasteiger partial charge in [-0.3, -0.25) is 4.79 Å². The highest BCUT2D eigenvalue weighted by Gasteiger charge is 2.23. The van der Waals surface area contributed by atoms with E-state index < -0.39 is 6.10 Å². The van der Waals surface area contributed by atoms with Gasteiger partial charge in [-0.05, 0) is 35.1 Å². The first kappa shape index (κ1) is 20.0. The molecule has 0 heterocycles. The smallest absolute Gasteiger partial charge is 0.222 e. The van der Waals surface area contributed by atoms with Crippen LogP contribution in [0.15, 0.2) is 54.6 Å². The number of rotatable bonds is 8. The highest BCUT2D eigenvalue weighted by molar-refractivity contribution is 5.76. The van der Waals surface area contributed by atoms with Gasteiger partial charge in [0.25, 0.3) is 0 Å². The first-order chi connectivity index (χ1) is 12.3. The number of hydrogen-bond acceptors (Lipinski definition) is 3. The topological polar surface area (TPSA) is 49.8 Å². The maximum Gasteiger partial charge on any atom is 0.222 e. The molecule has 0 aliphatic heterocycles. The quantitative estimate of drug-likeness (QED) is 0.780. The Bertz CT molecular complexity index is 712. The number of likely N-dealkylation sites (N-methyl/N-ethyl adjacent to an activating group) is 1. The summed E-state index contributed by atoms with van der Waals surface area (Å²) in [4.78, 5) is 14.1. The van der Waals surface area contributed by atoms with Crippen molar-refractivity contribution in [2.75, 3.05) is 20.7 Å². The van der Waals surface area contributed by atoms with Crippen LogP contribution in [0.1, 0.15) is 43.9 Å². The van der Waals surface area contributed by atoms with Crippen LogP contribution in [0.2, 0.25) is 0 Å². The minimum absolute atomic E-state index is 0.0379. The SMILES string of the molecule is COc1cccc(C(O)CN(C)C(=O)CCC(C)(C)c2ccccc2)c1. The van der Waals surface area contributed by atoms with Crippen molar-refractivity contribution in [3.8, 4) is 5.75 Å². The van der Waals surface area contributed by atoms with Gasteiger partial charge in [-0.25, -0.2) is 0 Å². The molecule has 1 atom stereocenters. The van der Waals surface area contributed by atoms with Crippen molar-refractivity contribution >= 4 is 5.91 Å². The van der Waals surface area contributed by atoms with E-state index in [0.29, 0.717) is 12.2 Å². The van der Waals surface area contributed by atoms with Crippen LogP contribution in [0.5, 0.6) is 5.75 Å². The summed E-state index contributed by atoms with van der Waals surface area (Å²) in [6.07, 6.45) is 0.472. The summed E-state index contributed by atoms with van der Waals surface area (Å²) >= 11 is 0. The van der Waals surface area contributed by atoms with Crippen molar-refractivity contribution in [2.24, 2.45) is 0 Å². The number of carbonyl (C=O) groups excluding carboxylic acids is 1. The molecule has 4 nitrogen and oxygen atoms in total. The summed E-state index contributed by atoms with van der Waals surface area (Å²) in [5, 5.41) is 10.4. The minimum Gasteiger partial charge on any atom is -0.497 e. The highest BCUT2D eigenvalue weighted by Crippen LogP contribution is 2.28. The number of ether oxygens (including phenoxy) is 1. The Hall–Kier alpha value is -2.33. The summed E-state index contributed by atoms with van der Waals surface area (Å²) in [5.41, 5.74) is 1.91. The molecule has 0 spiro atoms. The van der Waals surface area contributed by atoms with Gasteiger partial charge in [-0.2, -0.15) is 0 Å². The molecule has 2 aromatic rings. The summed E-state index contributed by atoms with van der Waals surface area (Å²) in [7, 11) is 3.33. The van der Waals surface area contributed by atoms with Crippen molar-refractivity contribution in [1.29, 1.82) is 0 Å². The van der Waals surface area contributed by atoms with E-state index >= 15 is 0 Å². The third-order valence-electron chi connectivity index (χ3n) is 4.87. The second-order valence-electron chi connectivity index (χ2n) is 7.32. The number of amides is 1. The Morgan fingerprint density at radius 2 is 1.85 bits per heavy atom. The predicted octanol–water partition coefficient (Wildman–Crippen LogP) is 3.95. The highest BCUT2D eigenvalue weighted by atomic mass is 16.5. The Balaban J connectivity index is 1.90. The summed E-state index contributed by atoms with van der Waals surface area (Å²) in [6, 6.07) is 17.5. The monoisotopic (exact) mass is 355 g/mol. The van der Waals surface area contributed by atoms with E-state index in [2.05, 4.69) is 26.0 Å². The molecule has 0 fully saturated rings. The van der Waals surface area contributed by atoms with Crippen molar-refractivity contribution in [3.05, 3.63) is 65.7 Å². The van der Waals surface area contributed by atoms with Crippen LogP contribution in [-0.4, -0.2) is 36.6 Å².